The predicted molar refractivity (Wildman–Crippen MR) is 111 cm³/mol. The van der Waals surface area contributed by atoms with Crippen LogP contribution in [0.3, 0.4) is 0 Å². The van der Waals surface area contributed by atoms with E-state index in [2.05, 4.69) is 10.3 Å². The lowest BCUT2D eigenvalue weighted by Gasteiger charge is -2.09. The Morgan fingerprint density at radius 3 is 2.70 bits per heavy atom. The lowest BCUT2D eigenvalue weighted by molar-refractivity contribution is -0.116. The number of fused-ring (bicyclic) bond motifs is 3. The molecule has 2 aromatic carbocycles. The molecule has 0 saturated heterocycles. The zero-order valence-electron chi connectivity index (χ0n) is 14.7. The number of halogens is 1. The van der Waals surface area contributed by atoms with Crippen LogP contribution in [-0.2, 0) is 11.3 Å². The lowest BCUT2D eigenvalue weighted by atomic mass is 10.1. The van der Waals surface area contributed by atoms with Crippen LogP contribution in [0.5, 0.6) is 0 Å². The number of aromatic nitrogens is 2. The second kappa shape index (κ2) is 6.79. The number of carbonyl (C=O) groups excluding carboxylic acids is 1. The zero-order chi connectivity index (χ0) is 19.1. The molecule has 1 N–H and O–H groups in total. The minimum atomic E-state index is -0.276. The molecule has 0 saturated carbocycles. The third-order valence-corrected chi connectivity index (χ3v) is 5.69. The van der Waals surface area contributed by atoms with Gasteiger partial charge in [-0.15, -0.1) is 11.3 Å². The van der Waals surface area contributed by atoms with Crippen LogP contribution in [0.1, 0.15) is 11.1 Å². The van der Waals surface area contributed by atoms with E-state index in [1.165, 1.54) is 22.2 Å². The fourth-order valence-electron chi connectivity index (χ4n) is 3.18. The third-order valence-electron chi connectivity index (χ3n) is 4.24. The lowest BCUT2D eigenvalue weighted by Crippen LogP contribution is -2.27. The quantitative estimate of drug-likeness (QED) is 0.552. The number of hydrogen-bond acceptors (Lipinski definition) is 4. The maximum absolute atomic E-state index is 12.8. The zero-order valence-corrected chi connectivity index (χ0v) is 16.3. The fraction of sp³-hybridized carbons (Fsp3) is 0.150. The molecule has 27 heavy (non-hydrogen) atoms. The first kappa shape index (κ1) is 17.7. The number of hydrogen-bond donors (Lipinski definition) is 1. The van der Waals surface area contributed by atoms with Gasteiger partial charge in [-0.2, -0.15) is 0 Å². The summed E-state index contributed by atoms with van der Waals surface area (Å²) in [6.45, 7) is 3.84. The molecule has 4 aromatic rings. The Bertz CT molecular complexity index is 1240. The van der Waals surface area contributed by atoms with Gasteiger partial charge >= 0.3 is 0 Å². The van der Waals surface area contributed by atoms with Crippen molar-refractivity contribution in [1.82, 2.24) is 9.55 Å². The van der Waals surface area contributed by atoms with Gasteiger partial charge in [0, 0.05) is 15.8 Å². The van der Waals surface area contributed by atoms with Gasteiger partial charge in [0.05, 0.1) is 16.9 Å². The van der Waals surface area contributed by atoms with Crippen LogP contribution >= 0.6 is 22.9 Å². The van der Waals surface area contributed by atoms with Gasteiger partial charge < -0.3 is 5.32 Å². The molecule has 0 fully saturated rings. The van der Waals surface area contributed by atoms with Crippen LogP contribution in [0.25, 0.3) is 20.3 Å². The second-order valence-electron chi connectivity index (χ2n) is 6.49. The highest BCUT2D eigenvalue weighted by molar-refractivity contribution is 7.25. The number of nitrogens with one attached hydrogen (secondary N) is 1. The molecule has 5 nitrogen and oxygen atoms in total. The number of amides is 1. The number of thiophene rings is 1. The average molecular weight is 398 g/mol. The SMILES string of the molecule is Cc1cc(C)cc(NC(=O)Cn2cnc3c(sc4cccc(Cl)c43)c2=O)c1. The first-order valence-electron chi connectivity index (χ1n) is 8.36. The van der Waals surface area contributed by atoms with Crippen LogP contribution in [0, 0.1) is 13.8 Å². The van der Waals surface area contributed by atoms with Crippen LogP contribution in [0.4, 0.5) is 5.69 Å². The summed E-state index contributed by atoms with van der Waals surface area (Å²) in [6, 6.07) is 11.3. The number of carbonyl (C=O) groups is 1. The number of anilines is 1. The maximum atomic E-state index is 12.8. The summed E-state index contributed by atoms with van der Waals surface area (Å²) in [4.78, 5) is 29.6. The third kappa shape index (κ3) is 3.34. The van der Waals surface area contributed by atoms with E-state index < -0.39 is 0 Å². The van der Waals surface area contributed by atoms with Crippen molar-refractivity contribution < 1.29 is 4.79 Å². The Labute approximate surface area is 164 Å². The van der Waals surface area contributed by atoms with Gasteiger partial charge in [0.2, 0.25) is 5.91 Å². The topological polar surface area (TPSA) is 64.0 Å². The molecule has 0 aliphatic heterocycles. The fourth-order valence-corrected chi connectivity index (χ4v) is 4.64. The van der Waals surface area contributed by atoms with Crippen molar-refractivity contribution in [3.05, 3.63) is 69.2 Å². The van der Waals surface area contributed by atoms with Gasteiger partial charge in [-0.25, -0.2) is 4.98 Å². The minimum Gasteiger partial charge on any atom is -0.325 e. The number of nitrogens with zero attached hydrogens (tertiary/aromatic N) is 2. The Morgan fingerprint density at radius 2 is 1.96 bits per heavy atom. The van der Waals surface area contributed by atoms with Gasteiger partial charge in [-0.05, 0) is 49.2 Å². The molecular weight excluding hydrogens is 382 g/mol. The molecule has 1 amide bonds. The van der Waals surface area contributed by atoms with Gasteiger partial charge in [-0.3, -0.25) is 14.2 Å². The molecule has 4 rings (SSSR count). The average Bonchev–Trinajstić information content (AvgIpc) is 2.97. The van der Waals surface area contributed by atoms with Crippen LogP contribution in [0.2, 0.25) is 5.02 Å². The molecule has 2 heterocycles. The Kier molecular flexibility index (Phi) is 4.45. The van der Waals surface area contributed by atoms with Crippen molar-refractivity contribution in [2.45, 2.75) is 20.4 Å². The standard InChI is InChI=1S/C20H16ClN3O2S/c1-11-6-12(2)8-13(7-11)23-16(25)9-24-10-22-18-17-14(21)4-3-5-15(17)27-19(18)20(24)26/h3-8,10H,9H2,1-2H3,(H,23,25). The van der Waals surface area contributed by atoms with E-state index in [1.807, 2.05) is 44.2 Å². The van der Waals surface area contributed by atoms with Crippen LogP contribution in [0.15, 0.2) is 47.5 Å². The molecular formula is C20H16ClN3O2S. The summed E-state index contributed by atoms with van der Waals surface area (Å²) >= 11 is 7.60. The van der Waals surface area contributed by atoms with Gasteiger partial charge in [0.15, 0.2) is 0 Å². The molecule has 0 radical (unpaired) electrons. The first-order chi connectivity index (χ1) is 12.9. The summed E-state index contributed by atoms with van der Waals surface area (Å²) in [5.74, 6) is -0.276. The highest BCUT2D eigenvalue weighted by Crippen LogP contribution is 2.34. The van der Waals surface area contributed by atoms with Gasteiger partial charge in [0.1, 0.15) is 11.2 Å². The van der Waals surface area contributed by atoms with Crippen LogP contribution in [-0.4, -0.2) is 15.5 Å². The van der Waals surface area contributed by atoms with Crippen molar-refractivity contribution in [3.63, 3.8) is 0 Å². The molecule has 2 aromatic heterocycles. The normalized spacial score (nSPS) is 11.2. The van der Waals surface area contributed by atoms with Crippen molar-refractivity contribution >= 4 is 54.8 Å². The summed E-state index contributed by atoms with van der Waals surface area (Å²) < 4.78 is 2.73. The summed E-state index contributed by atoms with van der Waals surface area (Å²) in [7, 11) is 0. The molecule has 0 aliphatic carbocycles. The highest BCUT2D eigenvalue weighted by Gasteiger charge is 2.15. The van der Waals surface area contributed by atoms with Crippen LogP contribution < -0.4 is 10.9 Å². The molecule has 0 bridgehead atoms. The summed E-state index contributed by atoms with van der Waals surface area (Å²) in [5, 5.41) is 4.19. The smallest absolute Gasteiger partial charge is 0.271 e. The van der Waals surface area contributed by atoms with E-state index in [0.29, 0.717) is 20.9 Å². The molecule has 0 spiro atoms. The van der Waals surface area contributed by atoms with E-state index in [9.17, 15) is 9.59 Å². The van der Waals surface area contributed by atoms with E-state index in [4.69, 9.17) is 11.6 Å². The second-order valence-corrected chi connectivity index (χ2v) is 7.95. The van der Waals surface area contributed by atoms with E-state index >= 15 is 0 Å². The van der Waals surface area contributed by atoms with Crippen molar-refractivity contribution in [3.8, 4) is 0 Å². The Balaban J connectivity index is 1.67. The number of benzene rings is 2. The van der Waals surface area contributed by atoms with E-state index in [0.717, 1.165) is 21.2 Å². The monoisotopic (exact) mass is 397 g/mol. The van der Waals surface area contributed by atoms with E-state index in [-0.39, 0.29) is 18.0 Å². The minimum absolute atomic E-state index is 0.100. The van der Waals surface area contributed by atoms with Crippen molar-refractivity contribution in [1.29, 1.82) is 0 Å². The first-order valence-corrected chi connectivity index (χ1v) is 9.56. The van der Waals surface area contributed by atoms with Gasteiger partial charge in [0.25, 0.3) is 5.56 Å². The Morgan fingerprint density at radius 1 is 1.22 bits per heavy atom. The van der Waals surface area contributed by atoms with Gasteiger partial charge in [-0.1, -0.05) is 23.7 Å². The molecule has 7 heteroatoms. The largest absolute Gasteiger partial charge is 0.325 e. The number of aryl methyl sites for hydroxylation is 2. The van der Waals surface area contributed by atoms with Crippen molar-refractivity contribution in [2.24, 2.45) is 0 Å². The number of rotatable bonds is 3. The molecule has 136 valence electrons. The summed E-state index contributed by atoms with van der Waals surface area (Å²) in [5.41, 5.74) is 3.18. The van der Waals surface area contributed by atoms with E-state index in [1.54, 1.807) is 6.07 Å². The predicted octanol–water partition coefficient (Wildman–Crippen LogP) is 4.52. The molecule has 0 aliphatic rings. The molecule has 0 atom stereocenters. The molecule has 0 unspecified atom stereocenters. The Hall–Kier alpha value is -2.70. The highest BCUT2D eigenvalue weighted by atomic mass is 35.5. The summed E-state index contributed by atoms with van der Waals surface area (Å²) in [6.07, 6.45) is 1.40. The maximum Gasteiger partial charge on any atom is 0.271 e. The van der Waals surface area contributed by atoms with Crippen molar-refractivity contribution in [2.75, 3.05) is 5.32 Å².